The monoisotopic (exact) mass is 904 g/mol. The predicted octanol–water partition coefficient (Wildman–Crippen LogP) is 18.6. The van der Waals surface area contributed by atoms with Crippen molar-refractivity contribution < 1.29 is 0 Å². The molecule has 4 nitrogen and oxygen atoms in total. The quantitative estimate of drug-likeness (QED) is 0.142. The van der Waals surface area contributed by atoms with E-state index in [1.807, 2.05) is 12.4 Å². The standard InChI is InChI=1S/C67H44N4/c1-2-21-53(22-3-1)70(64-30-13-19-45-15-6-9-27-59(45)64)56-25-14-24-55(43-56)69(57-33-31-52-44-68-36-35-50(52)38-57)54-23-12-20-46(37-54)49-32-34-62-63-39-47-16-4-5-17-48(47)40-67(63)71(65(62)41-49)66-42-51-18-7-8-26-58(51)60-28-10-11-29-61(60)66/h1-44H. The van der Waals surface area contributed by atoms with Gasteiger partial charge in [-0.2, -0.15) is 0 Å². The molecule has 14 aromatic rings. The van der Waals surface area contributed by atoms with Crippen LogP contribution in [0.3, 0.4) is 0 Å². The Hall–Kier alpha value is -9.51. The molecule has 0 aliphatic heterocycles. The van der Waals surface area contributed by atoms with E-state index in [1.165, 1.54) is 70.6 Å². The predicted molar refractivity (Wildman–Crippen MR) is 301 cm³/mol. The Kier molecular flexibility index (Phi) is 9.49. The van der Waals surface area contributed by atoms with Gasteiger partial charge in [0.15, 0.2) is 0 Å². The molecule has 0 bridgehead atoms. The summed E-state index contributed by atoms with van der Waals surface area (Å²) in [4.78, 5) is 9.21. The van der Waals surface area contributed by atoms with Crippen LogP contribution in [0.2, 0.25) is 0 Å². The molecule has 12 aromatic carbocycles. The normalized spacial score (nSPS) is 11.7. The topological polar surface area (TPSA) is 24.3 Å². The van der Waals surface area contributed by atoms with Crippen molar-refractivity contribution in [2.24, 2.45) is 0 Å². The number of pyridine rings is 1. The Morgan fingerprint density at radius 1 is 0.282 bits per heavy atom. The minimum atomic E-state index is 1.04. The van der Waals surface area contributed by atoms with Gasteiger partial charge in [0.1, 0.15) is 0 Å². The Morgan fingerprint density at radius 3 is 1.72 bits per heavy atom. The summed E-state index contributed by atoms with van der Waals surface area (Å²) < 4.78 is 2.51. The van der Waals surface area contributed by atoms with Gasteiger partial charge in [-0.1, -0.05) is 164 Å². The fourth-order valence-electron chi connectivity index (χ4n) is 11.0. The Labute approximate surface area is 411 Å². The van der Waals surface area contributed by atoms with Crippen molar-refractivity contribution in [1.29, 1.82) is 0 Å². The summed E-state index contributed by atoms with van der Waals surface area (Å²) in [5.41, 5.74) is 12.2. The number of aromatic nitrogens is 2. The van der Waals surface area contributed by atoms with E-state index in [1.54, 1.807) is 0 Å². The molecule has 0 atom stereocenters. The van der Waals surface area contributed by atoms with Crippen molar-refractivity contribution in [2.45, 2.75) is 0 Å². The van der Waals surface area contributed by atoms with E-state index < -0.39 is 0 Å². The second-order valence-corrected chi connectivity index (χ2v) is 18.4. The van der Waals surface area contributed by atoms with Crippen molar-refractivity contribution in [3.8, 4) is 16.8 Å². The summed E-state index contributed by atoms with van der Waals surface area (Å²) in [6.07, 6.45) is 3.81. The molecule has 332 valence electrons. The highest BCUT2D eigenvalue weighted by molar-refractivity contribution is 6.17. The molecule has 0 spiro atoms. The maximum absolute atomic E-state index is 4.44. The zero-order chi connectivity index (χ0) is 46.8. The van der Waals surface area contributed by atoms with Gasteiger partial charge in [0.25, 0.3) is 0 Å². The average molecular weight is 905 g/mol. The van der Waals surface area contributed by atoms with Gasteiger partial charge in [-0.05, 0) is 140 Å². The molecule has 0 fully saturated rings. The fraction of sp³-hybridized carbons (Fsp3) is 0. The van der Waals surface area contributed by atoms with Gasteiger partial charge in [-0.3, -0.25) is 4.98 Å². The third-order valence-electron chi connectivity index (χ3n) is 14.3. The number of benzene rings is 12. The Morgan fingerprint density at radius 2 is 0.873 bits per heavy atom. The number of anilines is 6. The molecule has 0 saturated heterocycles. The van der Waals surface area contributed by atoms with E-state index in [4.69, 9.17) is 0 Å². The van der Waals surface area contributed by atoms with E-state index in [0.717, 1.165) is 56.0 Å². The van der Waals surface area contributed by atoms with Crippen molar-refractivity contribution in [3.05, 3.63) is 267 Å². The summed E-state index contributed by atoms with van der Waals surface area (Å²) in [6, 6.07) is 93.1. The van der Waals surface area contributed by atoms with Crippen LogP contribution in [0.5, 0.6) is 0 Å². The maximum atomic E-state index is 4.44. The van der Waals surface area contributed by atoms with Crippen LogP contribution in [-0.4, -0.2) is 9.55 Å². The third kappa shape index (κ3) is 6.88. The van der Waals surface area contributed by atoms with E-state index >= 15 is 0 Å². The minimum absolute atomic E-state index is 1.04. The third-order valence-corrected chi connectivity index (χ3v) is 14.3. The SMILES string of the molecule is c1ccc(N(c2cccc(N(c3cccc(-c4ccc5c6cc7ccccc7cc6n(-c6cc7ccccc7c7ccccc67)c5c4)c3)c3ccc4cnccc4c3)c2)c2cccc3ccccc23)cc1. The van der Waals surface area contributed by atoms with E-state index in [9.17, 15) is 0 Å². The number of nitrogens with zero attached hydrogens (tertiary/aromatic N) is 4. The Bertz CT molecular complexity index is 4380. The molecule has 2 heterocycles. The maximum Gasteiger partial charge on any atom is 0.0547 e. The minimum Gasteiger partial charge on any atom is -0.310 e. The van der Waals surface area contributed by atoms with Crippen molar-refractivity contribution in [1.82, 2.24) is 9.55 Å². The fourth-order valence-corrected chi connectivity index (χ4v) is 11.0. The molecule has 0 saturated carbocycles. The second-order valence-electron chi connectivity index (χ2n) is 18.4. The van der Waals surface area contributed by atoms with Gasteiger partial charge in [0.05, 0.1) is 22.4 Å². The molecule has 4 heteroatoms. The number of rotatable bonds is 8. The van der Waals surface area contributed by atoms with Crippen LogP contribution in [0.15, 0.2) is 267 Å². The summed E-state index contributed by atoms with van der Waals surface area (Å²) in [5.74, 6) is 0. The molecule has 0 aliphatic rings. The zero-order valence-electron chi connectivity index (χ0n) is 38.7. The lowest BCUT2D eigenvalue weighted by Crippen LogP contribution is -2.13. The molecule has 0 radical (unpaired) electrons. The molecule has 0 amide bonds. The summed E-state index contributed by atoms with van der Waals surface area (Å²) >= 11 is 0. The van der Waals surface area contributed by atoms with Crippen LogP contribution in [0, 0.1) is 0 Å². The summed E-state index contributed by atoms with van der Waals surface area (Å²) in [7, 11) is 0. The number of para-hydroxylation sites is 1. The first-order valence-electron chi connectivity index (χ1n) is 24.3. The Balaban J connectivity index is 0.966. The highest BCUT2D eigenvalue weighted by Crippen LogP contribution is 2.45. The van der Waals surface area contributed by atoms with Gasteiger partial charge >= 0.3 is 0 Å². The second kappa shape index (κ2) is 16.6. The van der Waals surface area contributed by atoms with Crippen LogP contribution in [-0.2, 0) is 0 Å². The number of fused-ring (bicyclic) bond motifs is 9. The van der Waals surface area contributed by atoms with E-state index in [2.05, 4.69) is 274 Å². The largest absolute Gasteiger partial charge is 0.310 e. The van der Waals surface area contributed by atoms with Crippen molar-refractivity contribution in [2.75, 3.05) is 9.80 Å². The number of hydrogen-bond acceptors (Lipinski definition) is 3. The smallest absolute Gasteiger partial charge is 0.0547 e. The van der Waals surface area contributed by atoms with Gasteiger partial charge in [0, 0.05) is 67.8 Å². The molecule has 2 aromatic heterocycles. The molecule has 0 N–H and O–H groups in total. The first-order chi connectivity index (χ1) is 35.2. The van der Waals surface area contributed by atoms with Crippen LogP contribution >= 0.6 is 0 Å². The van der Waals surface area contributed by atoms with Gasteiger partial charge < -0.3 is 14.4 Å². The highest BCUT2D eigenvalue weighted by Gasteiger charge is 2.21. The zero-order valence-corrected chi connectivity index (χ0v) is 38.7. The average Bonchev–Trinajstić information content (AvgIpc) is 3.75. The first-order valence-corrected chi connectivity index (χ1v) is 24.3. The van der Waals surface area contributed by atoms with Crippen molar-refractivity contribution >= 4 is 110 Å². The molecule has 14 rings (SSSR count). The van der Waals surface area contributed by atoms with Gasteiger partial charge in [0.2, 0.25) is 0 Å². The number of hydrogen-bond donors (Lipinski definition) is 0. The lowest BCUT2D eigenvalue weighted by Gasteiger charge is -2.30. The lowest BCUT2D eigenvalue weighted by atomic mass is 10.00. The summed E-state index contributed by atoms with van der Waals surface area (Å²) in [5, 5.41) is 14.5. The molecule has 0 aliphatic carbocycles. The van der Waals surface area contributed by atoms with Crippen LogP contribution in [0.1, 0.15) is 0 Å². The molecule has 71 heavy (non-hydrogen) atoms. The van der Waals surface area contributed by atoms with E-state index in [0.29, 0.717) is 0 Å². The summed E-state index contributed by atoms with van der Waals surface area (Å²) in [6.45, 7) is 0. The molecule has 0 unspecified atom stereocenters. The van der Waals surface area contributed by atoms with Crippen molar-refractivity contribution in [3.63, 3.8) is 0 Å². The highest BCUT2D eigenvalue weighted by atomic mass is 15.2. The van der Waals surface area contributed by atoms with Crippen LogP contribution in [0.4, 0.5) is 34.1 Å². The van der Waals surface area contributed by atoms with Crippen LogP contribution in [0.25, 0.3) is 92.5 Å². The van der Waals surface area contributed by atoms with Crippen LogP contribution < -0.4 is 9.80 Å². The molecular weight excluding hydrogens is 861 g/mol. The first kappa shape index (κ1) is 40.5. The lowest BCUT2D eigenvalue weighted by molar-refractivity contribution is 1.20. The van der Waals surface area contributed by atoms with Gasteiger partial charge in [-0.15, -0.1) is 0 Å². The van der Waals surface area contributed by atoms with E-state index in [-0.39, 0.29) is 0 Å². The molecular formula is C67H44N4. The van der Waals surface area contributed by atoms with Gasteiger partial charge in [-0.25, -0.2) is 0 Å².